The second-order valence-corrected chi connectivity index (χ2v) is 7.00. The highest BCUT2D eigenvalue weighted by Crippen LogP contribution is 2.39. The zero-order valence-corrected chi connectivity index (χ0v) is 13.8. The van der Waals surface area contributed by atoms with Crippen molar-refractivity contribution in [3.8, 4) is 0 Å². The number of fused-ring (bicyclic) bond motifs is 1. The zero-order valence-electron chi connectivity index (χ0n) is 13.8. The lowest BCUT2D eigenvalue weighted by Crippen LogP contribution is -2.45. The minimum absolute atomic E-state index is 0.0361. The van der Waals surface area contributed by atoms with Crippen molar-refractivity contribution in [3.63, 3.8) is 0 Å². The van der Waals surface area contributed by atoms with E-state index in [0.717, 1.165) is 19.5 Å². The summed E-state index contributed by atoms with van der Waals surface area (Å²) in [5, 5.41) is 3.14. The average molecular weight is 346 g/mol. The number of benzene rings is 2. The lowest BCUT2D eigenvalue weighted by Gasteiger charge is -2.35. The van der Waals surface area contributed by atoms with Gasteiger partial charge in [0.2, 0.25) is 0 Å². The Morgan fingerprint density at radius 2 is 1.72 bits per heavy atom. The molecule has 5 heteroatoms. The predicted molar refractivity (Wildman–Crippen MR) is 90.7 cm³/mol. The molecule has 4 unspecified atom stereocenters. The lowest BCUT2D eigenvalue weighted by molar-refractivity contribution is 0.114. The van der Waals surface area contributed by atoms with E-state index < -0.39 is 23.8 Å². The van der Waals surface area contributed by atoms with E-state index in [0.29, 0.717) is 6.54 Å². The number of halogens is 3. The van der Waals surface area contributed by atoms with Crippen LogP contribution in [0.3, 0.4) is 0 Å². The van der Waals surface area contributed by atoms with Gasteiger partial charge in [-0.25, -0.2) is 13.2 Å². The number of piperidine rings is 1. The molecule has 0 radical (unpaired) electrons. The minimum atomic E-state index is -1.30. The topological polar surface area (TPSA) is 15.3 Å². The second-order valence-electron chi connectivity index (χ2n) is 7.00. The van der Waals surface area contributed by atoms with Crippen molar-refractivity contribution < 1.29 is 13.2 Å². The molecule has 2 nitrogen and oxygen atoms in total. The Labute approximate surface area is 145 Å². The SMILES string of the molecule is Fc1cccc(F)c1C1NC2CCN(Cc3ccccc3)CC2C1F. The van der Waals surface area contributed by atoms with E-state index in [4.69, 9.17) is 0 Å². The van der Waals surface area contributed by atoms with Crippen LogP contribution in [0.1, 0.15) is 23.6 Å². The van der Waals surface area contributed by atoms with Gasteiger partial charge in [0.1, 0.15) is 17.8 Å². The summed E-state index contributed by atoms with van der Waals surface area (Å²) in [5.41, 5.74) is 1.03. The number of nitrogens with one attached hydrogen (secondary N) is 1. The van der Waals surface area contributed by atoms with Crippen LogP contribution in [0.2, 0.25) is 0 Å². The highest BCUT2D eigenvalue weighted by atomic mass is 19.1. The summed E-state index contributed by atoms with van der Waals surface area (Å²) in [6.07, 6.45) is -0.514. The normalized spacial score (nSPS) is 29.6. The Kier molecular flexibility index (Phi) is 4.52. The summed E-state index contributed by atoms with van der Waals surface area (Å²) in [4.78, 5) is 2.23. The first-order valence-corrected chi connectivity index (χ1v) is 8.74. The minimum Gasteiger partial charge on any atom is -0.304 e. The monoisotopic (exact) mass is 346 g/mol. The van der Waals surface area contributed by atoms with E-state index in [2.05, 4.69) is 22.3 Å². The van der Waals surface area contributed by atoms with Gasteiger partial charge in [-0.15, -0.1) is 0 Å². The van der Waals surface area contributed by atoms with Gasteiger partial charge in [-0.2, -0.15) is 0 Å². The molecule has 0 amide bonds. The standard InChI is InChI=1S/C20H21F3N2/c21-15-7-4-8-16(22)18(15)20-19(23)14-12-25(10-9-17(14)24-20)11-13-5-2-1-3-6-13/h1-8,14,17,19-20,24H,9-12H2. The molecule has 2 heterocycles. The molecule has 0 aromatic heterocycles. The third kappa shape index (κ3) is 3.18. The lowest BCUT2D eigenvalue weighted by atomic mass is 9.89. The zero-order chi connectivity index (χ0) is 17.4. The summed E-state index contributed by atoms with van der Waals surface area (Å²) in [5.74, 6) is -1.61. The molecule has 2 aromatic carbocycles. The summed E-state index contributed by atoms with van der Waals surface area (Å²) in [6, 6.07) is 12.8. The Hall–Kier alpha value is -1.85. The number of rotatable bonds is 3. The van der Waals surface area contributed by atoms with Gasteiger partial charge in [0.15, 0.2) is 0 Å². The van der Waals surface area contributed by atoms with Gasteiger partial charge in [0.25, 0.3) is 0 Å². The molecule has 0 aliphatic carbocycles. The van der Waals surface area contributed by atoms with Crippen molar-refractivity contribution in [2.45, 2.75) is 31.2 Å². The molecule has 0 spiro atoms. The van der Waals surface area contributed by atoms with Gasteiger partial charge >= 0.3 is 0 Å². The number of hydrogen-bond donors (Lipinski definition) is 1. The van der Waals surface area contributed by atoms with Crippen LogP contribution in [-0.2, 0) is 6.54 Å². The van der Waals surface area contributed by atoms with Gasteiger partial charge in [0, 0.05) is 30.6 Å². The smallest absolute Gasteiger partial charge is 0.131 e. The average Bonchev–Trinajstić information content (AvgIpc) is 2.92. The summed E-state index contributed by atoms with van der Waals surface area (Å²) in [6.45, 7) is 2.22. The molecule has 2 aliphatic rings. The molecule has 1 N–H and O–H groups in total. The van der Waals surface area contributed by atoms with Crippen LogP contribution in [-0.4, -0.2) is 30.2 Å². The van der Waals surface area contributed by atoms with E-state index in [9.17, 15) is 8.78 Å². The van der Waals surface area contributed by atoms with Crippen molar-refractivity contribution in [2.24, 2.45) is 5.92 Å². The van der Waals surface area contributed by atoms with Crippen LogP contribution in [0, 0.1) is 17.6 Å². The number of hydrogen-bond acceptors (Lipinski definition) is 2. The van der Waals surface area contributed by atoms with E-state index in [-0.39, 0.29) is 17.5 Å². The number of nitrogens with zero attached hydrogens (tertiary/aromatic N) is 1. The molecule has 2 aromatic rings. The maximum Gasteiger partial charge on any atom is 0.131 e. The molecule has 2 aliphatic heterocycles. The fraction of sp³-hybridized carbons (Fsp3) is 0.400. The van der Waals surface area contributed by atoms with Crippen LogP contribution in [0.4, 0.5) is 13.2 Å². The van der Waals surface area contributed by atoms with Crippen molar-refractivity contribution >= 4 is 0 Å². The number of likely N-dealkylation sites (tertiary alicyclic amines) is 1. The Morgan fingerprint density at radius 1 is 1.00 bits per heavy atom. The highest BCUT2D eigenvalue weighted by molar-refractivity contribution is 5.27. The maximum absolute atomic E-state index is 15.1. The Bertz CT molecular complexity index is 717. The molecular formula is C20H21F3N2. The van der Waals surface area contributed by atoms with E-state index in [1.54, 1.807) is 0 Å². The Morgan fingerprint density at radius 3 is 2.44 bits per heavy atom. The van der Waals surface area contributed by atoms with Crippen LogP contribution >= 0.6 is 0 Å². The molecular weight excluding hydrogens is 325 g/mol. The van der Waals surface area contributed by atoms with Gasteiger partial charge in [0.05, 0.1) is 6.04 Å². The van der Waals surface area contributed by atoms with Crippen LogP contribution < -0.4 is 5.32 Å². The van der Waals surface area contributed by atoms with Gasteiger partial charge < -0.3 is 5.32 Å². The third-order valence-electron chi connectivity index (χ3n) is 5.42. The second kappa shape index (κ2) is 6.81. The quantitative estimate of drug-likeness (QED) is 0.908. The van der Waals surface area contributed by atoms with Crippen LogP contribution in [0.5, 0.6) is 0 Å². The molecule has 4 atom stereocenters. The molecule has 0 saturated carbocycles. The van der Waals surface area contributed by atoms with Crippen molar-refractivity contribution in [3.05, 3.63) is 71.3 Å². The predicted octanol–water partition coefficient (Wildman–Crippen LogP) is 3.84. The van der Waals surface area contributed by atoms with Crippen molar-refractivity contribution in [2.75, 3.05) is 13.1 Å². The molecule has 2 fully saturated rings. The van der Waals surface area contributed by atoms with Crippen molar-refractivity contribution in [1.82, 2.24) is 10.2 Å². The van der Waals surface area contributed by atoms with Crippen LogP contribution in [0.25, 0.3) is 0 Å². The van der Waals surface area contributed by atoms with Crippen molar-refractivity contribution in [1.29, 1.82) is 0 Å². The van der Waals surface area contributed by atoms with E-state index >= 15 is 4.39 Å². The molecule has 25 heavy (non-hydrogen) atoms. The molecule has 132 valence electrons. The van der Waals surface area contributed by atoms with Gasteiger partial charge in [-0.05, 0) is 30.7 Å². The first-order chi connectivity index (χ1) is 12.1. The maximum atomic E-state index is 15.1. The fourth-order valence-corrected chi connectivity index (χ4v) is 4.19. The van der Waals surface area contributed by atoms with E-state index in [1.165, 1.54) is 23.8 Å². The van der Waals surface area contributed by atoms with Gasteiger partial charge in [-0.3, -0.25) is 4.90 Å². The highest BCUT2D eigenvalue weighted by Gasteiger charge is 2.47. The van der Waals surface area contributed by atoms with Crippen LogP contribution in [0.15, 0.2) is 48.5 Å². The molecule has 2 saturated heterocycles. The van der Waals surface area contributed by atoms with E-state index in [1.807, 2.05) is 18.2 Å². The van der Waals surface area contributed by atoms with Gasteiger partial charge in [-0.1, -0.05) is 36.4 Å². The summed E-state index contributed by atoms with van der Waals surface area (Å²) >= 11 is 0. The summed E-state index contributed by atoms with van der Waals surface area (Å²) in [7, 11) is 0. The third-order valence-corrected chi connectivity index (χ3v) is 5.42. The molecule has 4 rings (SSSR count). The first-order valence-electron chi connectivity index (χ1n) is 8.74. The number of alkyl halides is 1. The first kappa shape index (κ1) is 16.6. The Balaban J connectivity index is 1.50. The fourth-order valence-electron chi connectivity index (χ4n) is 4.19. The molecule has 0 bridgehead atoms. The summed E-state index contributed by atoms with van der Waals surface area (Å²) < 4.78 is 43.2. The largest absolute Gasteiger partial charge is 0.304 e.